The van der Waals surface area contributed by atoms with Crippen molar-refractivity contribution in [3.05, 3.63) is 65.8 Å². The number of rotatable bonds is 10. The first-order chi connectivity index (χ1) is 14.4. The van der Waals surface area contributed by atoms with Crippen molar-refractivity contribution in [3.63, 3.8) is 0 Å². The summed E-state index contributed by atoms with van der Waals surface area (Å²) in [4.78, 5) is 11.3. The molecule has 1 fully saturated rings. The summed E-state index contributed by atoms with van der Waals surface area (Å²) < 4.78 is 16.2. The Morgan fingerprint density at radius 3 is 2.60 bits per heavy atom. The second-order valence-electron chi connectivity index (χ2n) is 8.07. The highest BCUT2D eigenvalue weighted by Gasteiger charge is 2.43. The molecule has 0 bridgehead atoms. The van der Waals surface area contributed by atoms with E-state index in [1.807, 2.05) is 30.3 Å². The molecule has 3 atom stereocenters. The van der Waals surface area contributed by atoms with E-state index in [0.29, 0.717) is 12.5 Å². The molecule has 0 saturated heterocycles. The van der Waals surface area contributed by atoms with E-state index in [1.54, 1.807) is 13.2 Å². The highest BCUT2D eigenvalue weighted by atomic mass is 35.5. The first-order valence-corrected chi connectivity index (χ1v) is 10.8. The molecule has 2 rings (SSSR count). The maximum Gasteiger partial charge on any atom is 0.330 e. The number of allylic oxidation sites excluding steroid dienone is 4. The third-order valence-electron chi connectivity index (χ3n) is 5.82. The van der Waals surface area contributed by atoms with Crippen LogP contribution in [0.4, 0.5) is 0 Å². The van der Waals surface area contributed by atoms with Crippen LogP contribution in [0, 0.1) is 11.3 Å². The van der Waals surface area contributed by atoms with Gasteiger partial charge >= 0.3 is 5.97 Å². The van der Waals surface area contributed by atoms with Crippen LogP contribution in [0.3, 0.4) is 0 Å². The molecule has 0 spiro atoms. The number of carbonyl (C=O) groups is 1. The third-order valence-corrected chi connectivity index (χ3v) is 6.24. The highest BCUT2D eigenvalue weighted by molar-refractivity contribution is 6.19. The fourth-order valence-electron chi connectivity index (χ4n) is 3.82. The van der Waals surface area contributed by atoms with Gasteiger partial charge in [-0.15, -0.1) is 11.6 Å². The number of ether oxygens (including phenoxy) is 3. The molecule has 164 valence electrons. The molecule has 0 unspecified atom stereocenters. The molecule has 1 aliphatic rings. The lowest BCUT2D eigenvalue weighted by Gasteiger charge is -2.31. The van der Waals surface area contributed by atoms with Crippen LogP contribution < -0.4 is 4.74 Å². The van der Waals surface area contributed by atoms with Crippen molar-refractivity contribution in [1.82, 2.24) is 0 Å². The first kappa shape index (κ1) is 24.2. The van der Waals surface area contributed by atoms with Crippen molar-refractivity contribution in [3.8, 4) is 5.75 Å². The van der Waals surface area contributed by atoms with Crippen LogP contribution in [0.25, 0.3) is 0 Å². The van der Waals surface area contributed by atoms with Crippen LogP contribution in [0.5, 0.6) is 5.75 Å². The number of alkyl halides is 1. The van der Waals surface area contributed by atoms with E-state index < -0.39 is 0 Å². The summed E-state index contributed by atoms with van der Waals surface area (Å²) in [6, 6.07) is 7.96. The van der Waals surface area contributed by atoms with Crippen molar-refractivity contribution >= 4 is 17.6 Å². The highest BCUT2D eigenvalue weighted by Crippen LogP contribution is 2.48. The zero-order valence-corrected chi connectivity index (χ0v) is 19.2. The van der Waals surface area contributed by atoms with Gasteiger partial charge in [-0.25, -0.2) is 4.79 Å². The van der Waals surface area contributed by atoms with E-state index in [2.05, 4.69) is 30.7 Å². The number of hydrogen-bond acceptors (Lipinski definition) is 4. The molecule has 0 radical (unpaired) electrons. The number of halogens is 1. The maximum atomic E-state index is 11.3. The lowest BCUT2D eigenvalue weighted by Crippen LogP contribution is -2.27. The van der Waals surface area contributed by atoms with Gasteiger partial charge in [0.05, 0.1) is 26.9 Å². The zero-order chi connectivity index (χ0) is 22.0. The smallest absolute Gasteiger partial charge is 0.330 e. The van der Waals surface area contributed by atoms with E-state index in [0.717, 1.165) is 30.6 Å². The average molecular weight is 433 g/mol. The zero-order valence-electron chi connectivity index (χ0n) is 18.4. The molecule has 1 aromatic carbocycles. The summed E-state index contributed by atoms with van der Waals surface area (Å²) in [7, 11) is 3.04. The SMILES string of the molecule is COC(=O)/C=C/C=C/[C@@H]1[C@H](OCc2ccc(OC)cc2)CC[C@@]1(C)C/C=C(/C)CCl. The molecule has 0 aromatic heterocycles. The Bertz CT molecular complexity index is 766. The molecule has 1 aromatic rings. The second-order valence-corrected chi connectivity index (χ2v) is 8.34. The van der Waals surface area contributed by atoms with Gasteiger partial charge in [-0.1, -0.05) is 48.9 Å². The van der Waals surface area contributed by atoms with E-state index >= 15 is 0 Å². The Hall–Kier alpha value is -2.04. The summed E-state index contributed by atoms with van der Waals surface area (Å²) >= 11 is 5.96. The van der Waals surface area contributed by atoms with E-state index in [9.17, 15) is 4.79 Å². The van der Waals surface area contributed by atoms with Gasteiger partial charge in [0.2, 0.25) is 0 Å². The van der Waals surface area contributed by atoms with Gasteiger partial charge in [0, 0.05) is 17.9 Å². The quantitative estimate of drug-likeness (QED) is 0.153. The second kappa shape index (κ2) is 12.0. The lowest BCUT2D eigenvalue weighted by molar-refractivity contribution is -0.134. The molecule has 0 N–H and O–H groups in total. The predicted molar refractivity (Wildman–Crippen MR) is 122 cm³/mol. The number of hydrogen-bond donors (Lipinski definition) is 0. The molecule has 30 heavy (non-hydrogen) atoms. The summed E-state index contributed by atoms with van der Waals surface area (Å²) in [5.74, 6) is 1.27. The van der Waals surface area contributed by atoms with Gasteiger partial charge in [-0.05, 0) is 49.3 Å². The Labute approximate surface area is 185 Å². The summed E-state index contributed by atoms with van der Waals surface area (Å²) in [6.45, 7) is 4.93. The fraction of sp³-hybridized carbons (Fsp3) is 0.480. The molecular weight excluding hydrogens is 400 g/mol. The predicted octanol–water partition coefficient (Wildman–Crippen LogP) is 5.86. The molecule has 0 heterocycles. The van der Waals surface area contributed by atoms with E-state index in [1.165, 1.54) is 18.8 Å². The Balaban J connectivity index is 2.12. The van der Waals surface area contributed by atoms with Crippen molar-refractivity contribution in [2.75, 3.05) is 20.1 Å². The van der Waals surface area contributed by atoms with Crippen molar-refractivity contribution in [2.45, 2.75) is 45.8 Å². The van der Waals surface area contributed by atoms with Gasteiger partial charge in [0.25, 0.3) is 0 Å². The Kier molecular flexibility index (Phi) is 9.67. The average Bonchev–Trinajstić information content (AvgIpc) is 3.09. The minimum Gasteiger partial charge on any atom is -0.497 e. The summed E-state index contributed by atoms with van der Waals surface area (Å²) in [5.41, 5.74) is 2.39. The number of esters is 1. The standard InChI is InChI=1S/C25H33ClO4/c1-19(17-26)13-15-25(2)16-14-23(22(25)7-5-6-8-24(27)29-4)30-18-20-9-11-21(28-3)12-10-20/h5-13,22-23H,14-18H2,1-4H3/b7-5+,8-6+,19-13-/t22-,23-,25-/m1/s1. The minimum absolute atomic E-state index is 0.0769. The number of carbonyl (C=O) groups excluding carboxylic acids is 1. The Morgan fingerprint density at radius 2 is 1.97 bits per heavy atom. The van der Waals surface area contributed by atoms with Crippen molar-refractivity contribution in [1.29, 1.82) is 0 Å². The van der Waals surface area contributed by atoms with Gasteiger partial charge in [-0.3, -0.25) is 0 Å². The van der Waals surface area contributed by atoms with E-state index in [4.69, 9.17) is 21.1 Å². The van der Waals surface area contributed by atoms with Crippen LogP contribution in [-0.4, -0.2) is 32.2 Å². The van der Waals surface area contributed by atoms with Gasteiger partial charge in [0.1, 0.15) is 5.75 Å². The molecule has 1 saturated carbocycles. The molecule has 4 nitrogen and oxygen atoms in total. The van der Waals surface area contributed by atoms with Crippen LogP contribution in [-0.2, 0) is 20.9 Å². The minimum atomic E-state index is -0.359. The fourth-order valence-corrected chi connectivity index (χ4v) is 3.93. The van der Waals surface area contributed by atoms with Crippen LogP contribution in [0.1, 0.15) is 38.7 Å². The summed E-state index contributed by atoms with van der Waals surface area (Å²) in [6.07, 6.45) is 12.6. The molecule has 0 amide bonds. The van der Waals surface area contributed by atoms with Crippen LogP contribution in [0.15, 0.2) is 60.2 Å². The largest absolute Gasteiger partial charge is 0.497 e. The molecule has 5 heteroatoms. The topological polar surface area (TPSA) is 44.8 Å². The molecule has 1 aliphatic carbocycles. The number of methoxy groups -OCH3 is 2. The summed E-state index contributed by atoms with van der Waals surface area (Å²) in [5, 5.41) is 0. The van der Waals surface area contributed by atoms with Gasteiger partial charge in [-0.2, -0.15) is 0 Å². The van der Waals surface area contributed by atoms with E-state index in [-0.39, 0.29) is 23.4 Å². The monoisotopic (exact) mass is 432 g/mol. The first-order valence-electron chi connectivity index (χ1n) is 10.3. The van der Waals surface area contributed by atoms with Crippen molar-refractivity contribution in [2.24, 2.45) is 11.3 Å². The molecule has 0 aliphatic heterocycles. The molecular formula is C25H33ClO4. The van der Waals surface area contributed by atoms with Crippen LogP contribution >= 0.6 is 11.6 Å². The van der Waals surface area contributed by atoms with Crippen LogP contribution in [0.2, 0.25) is 0 Å². The Morgan fingerprint density at radius 1 is 1.23 bits per heavy atom. The normalized spacial score (nSPS) is 24.6. The number of benzene rings is 1. The lowest BCUT2D eigenvalue weighted by atomic mass is 9.76. The van der Waals surface area contributed by atoms with Gasteiger partial charge < -0.3 is 14.2 Å². The third kappa shape index (κ3) is 7.03. The van der Waals surface area contributed by atoms with Gasteiger partial charge in [0.15, 0.2) is 0 Å². The maximum absolute atomic E-state index is 11.3. The van der Waals surface area contributed by atoms with Crippen molar-refractivity contribution < 1.29 is 19.0 Å².